The van der Waals surface area contributed by atoms with Gasteiger partial charge in [0, 0.05) is 49.4 Å². The third-order valence-corrected chi connectivity index (χ3v) is 13.3. The van der Waals surface area contributed by atoms with E-state index in [0.29, 0.717) is 0 Å². The Labute approximate surface area is 377 Å². The van der Waals surface area contributed by atoms with Crippen LogP contribution in [0.3, 0.4) is 0 Å². The van der Waals surface area contributed by atoms with Gasteiger partial charge in [-0.15, -0.1) is 0 Å². The lowest BCUT2D eigenvalue weighted by molar-refractivity contribution is 0.670. The smallest absolute Gasteiger partial charge is 0.185 e. The molecule has 65 heavy (non-hydrogen) atoms. The van der Waals surface area contributed by atoms with E-state index >= 15 is 0 Å². The van der Waals surface area contributed by atoms with Gasteiger partial charge in [-0.25, -0.2) is 0 Å². The predicted molar refractivity (Wildman–Crippen MR) is 272 cm³/mol. The maximum Gasteiger partial charge on any atom is 0.185 e. The van der Waals surface area contributed by atoms with Crippen molar-refractivity contribution in [3.05, 3.63) is 242 Å². The van der Waals surface area contributed by atoms with E-state index < -0.39 is 0 Å². The molecule has 0 amide bonds. The van der Waals surface area contributed by atoms with Crippen molar-refractivity contribution < 1.29 is 4.42 Å². The number of allylic oxidation sites excluding steroid dienone is 4. The number of hydrogen-bond donors (Lipinski definition) is 0. The molecule has 12 aromatic rings. The van der Waals surface area contributed by atoms with E-state index in [-0.39, 0.29) is 0 Å². The van der Waals surface area contributed by atoms with Crippen molar-refractivity contribution in [3.63, 3.8) is 0 Å². The van der Waals surface area contributed by atoms with E-state index in [4.69, 9.17) is 4.42 Å². The van der Waals surface area contributed by atoms with Gasteiger partial charge in [-0.2, -0.15) is 0 Å². The molecule has 0 saturated heterocycles. The Morgan fingerprint density at radius 2 is 1.09 bits per heavy atom. The van der Waals surface area contributed by atoms with Crippen LogP contribution in [-0.4, -0.2) is 4.57 Å². The van der Waals surface area contributed by atoms with E-state index in [1.807, 2.05) is 6.07 Å². The van der Waals surface area contributed by atoms with E-state index in [1.165, 1.54) is 71.3 Å². The van der Waals surface area contributed by atoms with Gasteiger partial charge in [0.1, 0.15) is 5.58 Å². The first-order valence-corrected chi connectivity index (χ1v) is 22.4. The highest BCUT2D eigenvalue weighted by molar-refractivity contribution is 6.16. The highest BCUT2D eigenvalue weighted by Crippen LogP contribution is 2.46. The zero-order chi connectivity index (χ0) is 42.8. The van der Waals surface area contributed by atoms with Crippen molar-refractivity contribution in [2.45, 2.75) is 12.8 Å². The number of fused-ring (bicyclic) bond motifs is 9. The molecule has 1 aliphatic carbocycles. The summed E-state index contributed by atoms with van der Waals surface area (Å²) in [4.78, 5) is 2.42. The van der Waals surface area contributed by atoms with Gasteiger partial charge in [0.2, 0.25) is 0 Å². The van der Waals surface area contributed by atoms with Crippen LogP contribution in [0.1, 0.15) is 24.0 Å². The van der Waals surface area contributed by atoms with E-state index in [1.54, 1.807) is 0 Å². The van der Waals surface area contributed by atoms with Gasteiger partial charge in [0.05, 0.1) is 22.4 Å². The number of furan rings is 1. The van der Waals surface area contributed by atoms with Crippen molar-refractivity contribution in [1.82, 2.24) is 4.57 Å². The SMILES string of the molecule is c1ccc2c(c#1)oc1c(-c3cccc(N(c4ccc(C5=CCCC=C5c5ccccc5-n5c6ccccc6c6ccccc65)cc4)c4cc5ccccc5c5ccccc45)c3)cccc12. The molecule has 304 valence electrons. The molecular weight excluding hydrogens is 789 g/mol. The summed E-state index contributed by atoms with van der Waals surface area (Å²) < 4.78 is 8.93. The van der Waals surface area contributed by atoms with Crippen molar-refractivity contribution >= 4 is 93.5 Å². The van der Waals surface area contributed by atoms with Gasteiger partial charge in [-0.3, -0.25) is 0 Å². The Morgan fingerprint density at radius 1 is 0.446 bits per heavy atom. The van der Waals surface area contributed by atoms with Gasteiger partial charge >= 0.3 is 0 Å². The summed E-state index contributed by atoms with van der Waals surface area (Å²) in [5, 5.41) is 9.50. The molecule has 1 aliphatic rings. The van der Waals surface area contributed by atoms with Crippen LogP contribution in [0.4, 0.5) is 17.1 Å². The van der Waals surface area contributed by atoms with E-state index in [2.05, 4.69) is 234 Å². The fraction of sp³-hybridized carbons (Fsp3) is 0.0323. The maximum atomic E-state index is 6.48. The monoisotopic (exact) mass is 828 g/mol. The minimum absolute atomic E-state index is 0.719. The van der Waals surface area contributed by atoms with Crippen LogP contribution >= 0.6 is 0 Å². The Balaban J connectivity index is 0.953. The first-order valence-electron chi connectivity index (χ1n) is 22.4. The topological polar surface area (TPSA) is 21.3 Å². The molecule has 0 aliphatic heterocycles. The van der Waals surface area contributed by atoms with Gasteiger partial charge < -0.3 is 13.9 Å². The molecule has 13 rings (SSSR count). The second-order valence-electron chi connectivity index (χ2n) is 16.9. The fourth-order valence-electron chi connectivity index (χ4n) is 10.4. The first kappa shape index (κ1) is 37.0. The summed E-state index contributed by atoms with van der Waals surface area (Å²) in [5.74, 6) is 0. The number of hydrogen-bond acceptors (Lipinski definition) is 2. The quantitative estimate of drug-likeness (QED) is 0.149. The number of rotatable bonds is 7. The molecule has 0 radical (unpaired) electrons. The van der Waals surface area contributed by atoms with E-state index in [0.717, 1.165) is 63.0 Å². The first-order chi connectivity index (χ1) is 32.3. The molecule has 0 unspecified atom stereocenters. The van der Waals surface area contributed by atoms with Gasteiger partial charge in [0.15, 0.2) is 5.58 Å². The van der Waals surface area contributed by atoms with Crippen LogP contribution in [0.2, 0.25) is 0 Å². The van der Waals surface area contributed by atoms with Crippen molar-refractivity contribution in [2.24, 2.45) is 0 Å². The van der Waals surface area contributed by atoms with Crippen LogP contribution in [0.15, 0.2) is 223 Å². The standard InChI is InChI=1S/C62H40N2O/c1-2-21-47-43(17-1)40-60(52-25-6-5-23-50(47)52)63(45-19-15-18-42(39-45)48-29-16-30-56-55-28-10-14-34-61(55)65-62(48)56)44-37-35-41(36-38-44)46-20-3-4-22-49(46)51-24-7-11-31-57(51)64-58-32-12-8-26-53(58)54-27-9-13-33-59(54)64/h1-2,5-13,15-33,35-40H,3-4H2. The normalized spacial score (nSPS) is 12.9. The molecule has 0 N–H and O–H groups in total. The van der Waals surface area contributed by atoms with Crippen LogP contribution in [0.25, 0.3) is 93.2 Å². The molecule has 0 bridgehead atoms. The van der Waals surface area contributed by atoms with Gasteiger partial charge in [0.25, 0.3) is 0 Å². The van der Waals surface area contributed by atoms with E-state index in [9.17, 15) is 0 Å². The average Bonchev–Trinajstić information content (AvgIpc) is 3.93. The molecule has 2 aromatic heterocycles. The second-order valence-corrected chi connectivity index (χ2v) is 16.9. The van der Waals surface area contributed by atoms with Crippen LogP contribution in [0, 0.1) is 12.1 Å². The molecule has 0 fully saturated rings. The zero-order valence-corrected chi connectivity index (χ0v) is 35.5. The third kappa shape index (κ3) is 6.00. The lowest BCUT2D eigenvalue weighted by Gasteiger charge is -2.28. The highest BCUT2D eigenvalue weighted by Gasteiger charge is 2.23. The average molecular weight is 829 g/mol. The number of nitrogens with zero attached hydrogens (tertiary/aromatic N) is 2. The molecule has 3 nitrogen and oxygen atoms in total. The van der Waals surface area contributed by atoms with Gasteiger partial charge in [-0.05, 0) is 118 Å². The summed E-state index contributed by atoms with van der Waals surface area (Å²) in [6, 6.07) is 81.0. The molecule has 0 atom stereocenters. The second kappa shape index (κ2) is 15.1. The largest absolute Gasteiger partial charge is 0.446 e. The molecule has 2 heterocycles. The molecule has 0 saturated carbocycles. The van der Waals surface area contributed by atoms with Crippen molar-refractivity contribution in [1.29, 1.82) is 0 Å². The number of anilines is 3. The zero-order valence-electron chi connectivity index (χ0n) is 35.5. The summed E-state index contributed by atoms with van der Waals surface area (Å²) >= 11 is 0. The van der Waals surface area contributed by atoms with Crippen LogP contribution < -0.4 is 4.90 Å². The Bertz CT molecular complexity index is 3850. The maximum absolute atomic E-state index is 6.48. The minimum Gasteiger partial charge on any atom is -0.446 e. The number of benzene rings is 9. The van der Waals surface area contributed by atoms with Crippen LogP contribution in [-0.2, 0) is 0 Å². The van der Waals surface area contributed by atoms with Gasteiger partial charge in [-0.1, -0.05) is 164 Å². The summed E-state index contributed by atoms with van der Waals surface area (Å²) in [6.07, 6.45) is 6.86. The Kier molecular flexibility index (Phi) is 8.57. The lowest BCUT2D eigenvalue weighted by Crippen LogP contribution is -2.11. The molecule has 0 spiro atoms. The third-order valence-electron chi connectivity index (χ3n) is 13.3. The lowest BCUT2D eigenvalue weighted by atomic mass is 9.86. The molecule has 10 aromatic carbocycles. The predicted octanol–water partition coefficient (Wildman–Crippen LogP) is 17.0. The van der Waals surface area contributed by atoms with Crippen molar-refractivity contribution in [3.8, 4) is 16.8 Å². The number of para-hydroxylation sites is 4. The Morgan fingerprint density at radius 3 is 1.91 bits per heavy atom. The highest BCUT2D eigenvalue weighted by atomic mass is 16.3. The summed E-state index contributed by atoms with van der Waals surface area (Å²) in [7, 11) is 0. The van der Waals surface area contributed by atoms with Crippen LogP contribution in [0.5, 0.6) is 0 Å². The number of aromatic nitrogens is 1. The Hall–Kier alpha value is -8.58. The fourth-order valence-corrected chi connectivity index (χ4v) is 10.4. The summed E-state index contributed by atoms with van der Waals surface area (Å²) in [6.45, 7) is 0. The minimum atomic E-state index is 0.719. The van der Waals surface area contributed by atoms with Crippen molar-refractivity contribution in [2.75, 3.05) is 4.90 Å². The summed E-state index contributed by atoms with van der Waals surface area (Å²) in [5.41, 5.74) is 15.5. The molecular formula is C62H40N2O. The molecule has 3 heteroatoms.